The normalized spacial score (nSPS) is 10.1. The molecule has 0 saturated heterocycles. The van der Waals surface area contributed by atoms with Gasteiger partial charge in [-0.1, -0.05) is 12.1 Å². The summed E-state index contributed by atoms with van der Waals surface area (Å²) in [5, 5.41) is 7.14. The largest absolute Gasteiger partial charge is 0.365 e. The van der Waals surface area contributed by atoms with Crippen LogP contribution in [0.3, 0.4) is 0 Å². The quantitative estimate of drug-likeness (QED) is 0.664. The van der Waals surface area contributed by atoms with Crippen molar-refractivity contribution in [3.8, 4) is 10.6 Å². The third kappa shape index (κ3) is 5.17. The first-order valence-corrected chi connectivity index (χ1v) is 9.40. The summed E-state index contributed by atoms with van der Waals surface area (Å²) in [5.41, 5.74) is 3.44. The number of benzene rings is 1. The number of halogens is 1. The van der Waals surface area contributed by atoms with E-state index < -0.39 is 0 Å². The molecule has 7 heteroatoms. The van der Waals surface area contributed by atoms with Gasteiger partial charge in [-0.3, -0.25) is 0 Å². The fraction of sp³-hybridized carbons (Fsp3) is 0.278. The van der Waals surface area contributed by atoms with Gasteiger partial charge in [-0.15, -0.1) is 22.7 Å². The van der Waals surface area contributed by atoms with Crippen LogP contribution in [0, 0.1) is 26.6 Å². The van der Waals surface area contributed by atoms with E-state index >= 15 is 0 Å². The van der Waals surface area contributed by atoms with Crippen molar-refractivity contribution in [2.24, 2.45) is 0 Å². The van der Waals surface area contributed by atoms with E-state index in [9.17, 15) is 9.18 Å². The number of aromatic nitrogens is 2. The number of hydrogen-bond acceptors (Lipinski definition) is 6. The van der Waals surface area contributed by atoms with Gasteiger partial charge in [0, 0.05) is 18.8 Å². The third-order valence-corrected chi connectivity index (χ3v) is 5.36. The van der Waals surface area contributed by atoms with Crippen molar-refractivity contribution in [1.29, 1.82) is 0 Å². The van der Waals surface area contributed by atoms with Crippen molar-refractivity contribution in [3.63, 3.8) is 0 Å². The lowest BCUT2D eigenvalue weighted by Crippen LogP contribution is -1.89. The lowest BCUT2D eigenvalue weighted by Gasteiger charge is -1.97. The summed E-state index contributed by atoms with van der Waals surface area (Å²) in [4.78, 5) is 20.1. The minimum Gasteiger partial charge on any atom is -0.365 e. The number of carbonyl (C=O) groups excluding carboxylic acids is 1. The summed E-state index contributed by atoms with van der Waals surface area (Å²) in [6.07, 6.45) is 1.06. The second-order valence-corrected chi connectivity index (χ2v) is 7.45. The van der Waals surface area contributed by atoms with Crippen molar-refractivity contribution < 1.29 is 9.18 Å². The zero-order valence-corrected chi connectivity index (χ0v) is 16.2. The van der Waals surface area contributed by atoms with Gasteiger partial charge in [0.15, 0.2) is 5.13 Å². The lowest BCUT2D eigenvalue weighted by molar-refractivity contribution is -0.107. The van der Waals surface area contributed by atoms with Gasteiger partial charge in [-0.2, -0.15) is 0 Å². The van der Waals surface area contributed by atoms with Crippen molar-refractivity contribution in [1.82, 2.24) is 9.97 Å². The third-order valence-electron chi connectivity index (χ3n) is 3.41. The molecule has 0 aliphatic heterocycles. The molecule has 25 heavy (non-hydrogen) atoms. The number of anilines is 1. The predicted molar refractivity (Wildman–Crippen MR) is 103 cm³/mol. The summed E-state index contributed by atoms with van der Waals surface area (Å²) in [7, 11) is 1.88. The predicted octanol–water partition coefficient (Wildman–Crippen LogP) is 4.80. The molecular weight excluding hydrogens is 357 g/mol. The van der Waals surface area contributed by atoms with Crippen LogP contribution in [0.1, 0.15) is 21.8 Å². The Morgan fingerprint density at radius 3 is 2.52 bits per heavy atom. The smallest absolute Gasteiger partial charge is 0.182 e. The Balaban J connectivity index is 0.000000186. The number of aldehydes is 1. The molecule has 0 fully saturated rings. The SMILES string of the molecule is CNc1nc(-c2sc(C)nc2C)cs1.Cc1ccc(CC=O)cc1F. The van der Waals surface area contributed by atoms with Gasteiger partial charge in [0.2, 0.25) is 0 Å². The van der Waals surface area contributed by atoms with E-state index in [1.807, 2.05) is 20.9 Å². The Morgan fingerprint density at radius 1 is 1.24 bits per heavy atom. The summed E-state index contributed by atoms with van der Waals surface area (Å²) in [5.74, 6) is -0.246. The topological polar surface area (TPSA) is 54.9 Å². The number of nitrogens with zero attached hydrogens (tertiary/aromatic N) is 2. The molecule has 0 amide bonds. The first kappa shape index (κ1) is 19.2. The Morgan fingerprint density at radius 2 is 2.00 bits per heavy atom. The van der Waals surface area contributed by atoms with Gasteiger partial charge < -0.3 is 10.1 Å². The molecule has 0 bridgehead atoms. The Bertz CT molecular complexity index is 858. The average molecular weight is 378 g/mol. The number of hydrogen-bond donors (Lipinski definition) is 1. The summed E-state index contributed by atoms with van der Waals surface area (Å²) < 4.78 is 12.8. The average Bonchev–Trinajstić information content (AvgIpc) is 3.18. The highest BCUT2D eigenvalue weighted by Gasteiger charge is 2.10. The van der Waals surface area contributed by atoms with Crippen molar-refractivity contribution >= 4 is 34.1 Å². The van der Waals surface area contributed by atoms with Crippen LogP contribution in [0.25, 0.3) is 10.6 Å². The molecule has 132 valence electrons. The molecule has 4 nitrogen and oxygen atoms in total. The van der Waals surface area contributed by atoms with Crippen LogP contribution in [0.2, 0.25) is 0 Å². The maximum absolute atomic E-state index is 12.8. The molecule has 0 spiro atoms. The van der Waals surface area contributed by atoms with Gasteiger partial charge in [0.05, 0.1) is 21.3 Å². The summed E-state index contributed by atoms with van der Waals surface area (Å²) in [6, 6.07) is 4.82. The van der Waals surface area contributed by atoms with E-state index in [0.29, 0.717) is 5.56 Å². The maximum Gasteiger partial charge on any atom is 0.182 e. The molecule has 2 aromatic heterocycles. The Hall–Kier alpha value is -2.12. The van der Waals surface area contributed by atoms with Crippen LogP contribution >= 0.6 is 22.7 Å². The van der Waals surface area contributed by atoms with Gasteiger partial charge in [-0.05, 0) is 38.0 Å². The molecule has 0 unspecified atom stereocenters. The van der Waals surface area contributed by atoms with E-state index in [4.69, 9.17) is 0 Å². The fourth-order valence-corrected chi connectivity index (χ4v) is 3.74. The van der Waals surface area contributed by atoms with Gasteiger partial charge >= 0.3 is 0 Å². The molecule has 0 atom stereocenters. The van der Waals surface area contributed by atoms with E-state index in [0.717, 1.165) is 33.4 Å². The Labute approximate surface area is 154 Å². The highest BCUT2D eigenvalue weighted by molar-refractivity contribution is 7.16. The lowest BCUT2D eigenvalue weighted by atomic mass is 10.1. The number of nitrogens with one attached hydrogen (secondary N) is 1. The highest BCUT2D eigenvalue weighted by Crippen LogP contribution is 2.31. The molecule has 1 aromatic carbocycles. The second kappa shape index (κ2) is 8.82. The molecule has 0 saturated carbocycles. The van der Waals surface area contributed by atoms with E-state index in [-0.39, 0.29) is 12.2 Å². The molecule has 1 N–H and O–H groups in total. The zero-order valence-electron chi connectivity index (χ0n) is 14.6. The van der Waals surface area contributed by atoms with Crippen molar-refractivity contribution in [2.75, 3.05) is 12.4 Å². The van der Waals surface area contributed by atoms with E-state index in [1.54, 1.807) is 41.7 Å². The van der Waals surface area contributed by atoms with Gasteiger partial charge in [0.1, 0.15) is 12.1 Å². The van der Waals surface area contributed by atoms with Gasteiger partial charge in [0.25, 0.3) is 0 Å². The minimum atomic E-state index is -0.246. The van der Waals surface area contributed by atoms with E-state index in [1.165, 1.54) is 10.9 Å². The Kier molecular flexibility index (Phi) is 6.78. The number of rotatable bonds is 4. The van der Waals surface area contributed by atoms with Crippen LogP contribution in [-0.2, 0) is 11.2 Å². The number of carbonyl (C=O) groups is 1. The summed E-state index contributed by atoms with van der Waals surface area (Å²) >= 11 is 3.32. The minimum absolute atomic E-state index is 0.246. The molecule has 0 radical (unpaired) electrons. The van der Waals surface area contributed by atoms with Gasteiger partial charge in [-0.25, -0.2) is 14.4 Å². The van der Waals surface area contributed by atoms with Crippen LogP contribution < -0.4 is 5.32 Å². The van der Waals surface area contributed by atoms with Crippen molar-refractivity contribution in [2.45, 2.75) is 27.2 Å². The monoisotopic (exact) mass is 377 g/mol. The molecule has 3 rings (SSSR count). The molecule has 0 aliphatic carbocycles. The molecule has 0 aliphatic rings. The first-order chi connectivity index (χ1) is 11.9. The fourth-order valence-electron chi connectivity index (χ4n) is 2.12. The van der Waals surface area contributed by atoms with Crippen molar-refractivity contribution in [3.05, 3.63) is 51.2 Å². The highest BCUT2D eigenvalue weighted by atomic mass is 32.1. The van der Waals surface area contributed by atoms with Crippen LogP contribution in [0.4, 0.5) is 9.52 Å². The number of aryl methyl sites for hydroxylation is 3. The maximum atomic E-state index is 12.8. The van der Waals surface area contributed by atoms with E-state index in [2.05, 4.69) is 20.7 Å². The van der Waals surface area contributed by atoms with Crippen LogP contribution in [-0.4, -0.2) is 23.3 Å². The second-order valence-electron chi connectivity index (χ2n) is 5.39. The molecular formula is C18H20FN3OS2. The summed E-state index contributed by atoms with van der Waals surface area (Å²) in [6.45, 7) is 5.74. The van der Waals surface area contributed by atoms with Crippen LogP contribution in [0.5, 0.6) is 0 Å². The standard InChI is InChI=1S/C9H9FO.C9H11N3S2/c1-7-2-3-8(4-5-11)6-9(7)10;1-5-8(14-6(2)11-5)7-4-13-9(10-3)12-7/h2-3,5-6H,4H2,1H3;4H,1-3H3,(H,10,12). The molecule has 2 heterocycles. The molecule has 3 aromatic rings. The first-order valence-electron chi connectivity index (χ1n) is 7.71. The number of thiazole rings is 2. The van der Waals surface area contributed by atoms with Crippen LogP contribution in [0.15, 0.2) is 23.6 Å². The zero-order chi connectivity index (χ0) is 18.4.